The molecule has 7 nitrogen and oxygen atoms in total. The van der Waals surface area contributed by atoms with Gasteiger partial charge in [-0.3, -0.25) is 9.59 Å². The van der Waals surface area contributed by atoms with Crippen LogP contribution in [-0.2, 0) is 0 Å². The Balaban J connectivity index is 1.33. The topological polar surface area (TPSA) is 71.3 Å². The van der Waals surface area contributed by atoms with Gasteiger partial charge in [0.05, 0.1) is 10.6 Å². The van der Waals surface area contributed by atoms with E-state index >= 15 is 0 Å². The van der Waals surface area contributed by atoms with Gasteiger partial charge in [-0.2, -0.15) is 0 Å². The Bertz CT molecular complexity index is 1260. The number of hydrogen-bond acceptors (Lipinski definition) is 5. The fourth-order valence-electron chi connectivity index (χ4n) is 3.85. The summed E-state index contributed by atoms with van der Waals surface area (Å²) in [5.74, 6) is 0.590. The molecule has 2 aromatic heterocycles. The van der Waals surface area contributed by atoms with E-state index in [9.17, 15) is 9.59 Å². The Labute approximate surface area is 195 Å². The summed E-state index contributed by atoms with van der Waals surface area (Å²) in [5.41, 5.74) is 2.64. The second-order valence-electron chi connectivity index (χ2n) is 7.93. The van der Waals surface area contributed by atoms with E-state index in [2.05, 4.69) is 10.1 Å². The molecule has 1 aliphatic heterocycles. The highest BCUT2D eigenvalue weighted by molar-refractivity contribution is 7.13. The summed E-state index contributed by atoms with van der Waals surface area (Å²) >= 11 is 1.56. The fourth-order valence-corrected chi connectivity index (χ4v) is 4.55. The number of nitrogens with zero attached hydrogens (tertiary/aromatic N) is 5. The normalized spacial score (nSPS) is 13.8. The van der Waals surface area contributed by atoms with Crippen LogP contribution < -0.4 is 0 Å². The zero-order valence-corrected chi connectivity index (χ0v) is 19.0. The summed E-state index contributed by atoms with van der Waals surface area (Å²) in [6.07, 6.45) is 0. The Morgan fingerprint density at radius 3 is 2.12 bits per heavy atom. The number of thiophene rings is 1. The Kier molecular flexibility index (Phi) is 5.75. The largest absolute Gasteiger partial charge is 0.335 e. The maximum absolute atomic E-state index is 13.2. The number of piperazine rings is 1. The van der Waals surface area contributed by atoms with Gasteiger partial charge in [0, 0.05) is 31.7 Å². The van der Waals surface area contributed by atoms with Crippen molar-refractivity contribution < 1.29 is 9.59 Å². The van der Waals surface area contributed by atoms with Gasteiger partial charge in [-0.25, -0.2) is 9.67 Å². The Morgan fingerprint density at radius 2 is 1.48 bits per heavy atom. The molecule has 0 spiro atoms. The highest BCUT2D eigenvalue weighted by Crippen LogP contribution is 2.26. The van der Waals surface area contributed by atoms with E-state index in [4.69, 9.17) is 0 Å². The lowest BCUT2D eigenvalue weighted by atomic mass is 10.1. The summed E-state index contributed by atoms with van der Waals surface area (Å²) in [5, 5.41) is 6.54. The van der Waals surface area contributed by atoms with Crippen molar-refractivity contribution in [3.63, 3.8) is 0 Å². The van der Waals surface area contributed by atoms with E-state index in [1.807, 2.05) is 79.0 Å². The van der Waals surface area contributed by atoms with Crippen LogP contribution >= 0.6 is 11.3 Å². The van der Waals surface area contributed by atoms with E-state index in [1.54, 1.807) is 25.8 Å². The van der Waals surface area contributed by atoms with Gasteiger partial charge in [0.1, 0.15) is 0 Å². The number of benzene rings is 2. The van der Waals surface area contributed by atoms with Gasteiger partial charge < -0.3 is 9.80 Å². The molecule has 5 rings (SSSR count). The summed E-state index contributed by atoms with van der Waals surface area (Å²) in [6, 6.07) is 21.2. The SMILES string of the molecule is Cc1ccc(C(=O)N2CCN(C(=O)c3nc(-c4cccs4)n(-c4ccccc4)n3)CC2)cc1. The highest BCUT2D eigenvalue weighted by Gasteiger charge is 2.28. The first-order valence-corrected chi connectivity index (χ1v) is 11.7. The van der Waals surface area contributed by atoms with Crippen LogP contribution in [0.15, 0.2) is 72.1 Å². The molecule has 0 atom stereocenters. The zero-order chi connectivity index (χ0) is 22.8. The molecule has 1 saturated heterocycles. The third-order valence-corrected chi connectivity index (χ3v) is 6.56. The lowest BCUT2D eigenvalue weighted by Crippen LogP contribution is -2.50. The van der Waals surface area contributed by atoms with Crippen LogP contribution in [-0.4, -0.2) is 62.6 Å². The number of rotatable bonds is 4. The van der Waals surface area contributed by atoms with Gasteiger partial charge in [-0.1, -0.05) is 42.0 Å². The molecule has 0 radical (unpaired) electrons. The third kappa shape index (κ3) is 4.29. The van der Waals surface area contributed by atoms with Gasteiger partial charge >= 0.3 is 0 Å². The monoisotopic (exact) mass is 457 g/mol. The molecule has 33 heavy (non-hydrogen) atoms. The average molecular weight is 458 g/mol. The molecule has 0 saturated carbocycles. The summed E-state index contributed by atoms with van der Waals surface area (Å²) in [6.45, 7) is 3.86. The number of amides is 2. The van der Waals surface area contributed by atoms with Crippen molar-refractivity contribution in [2.45, 2.75) is 6.92 Å². The molecule has 166 valence electrons. The van der Waals surface area contributed by atoms with Crippen LogP contribution in [0.4, 0.5) is 0 Å². The van der Waals surface area contributed by atoms with Crippen LogP contribution in [0.3, 0.4) is 0 Å². The predicted molar refractivity (Wildman–Crippen MR) is 128 cm³/mol. The molecule has 4 aromatic rings. The second-order valence-corrected chi connectivity index (χ2v) is 8.88. The highest BCUT2D eigenvalue weighted by atomic mass is 32.1. The first-order valence-electron chi connectivity index (χ1n) is 10.8. The lowest BCUT2D eigenvalue weighted by molar-refractivity contribution is 0.0529. The van der Waals surface area contributed by atoms with Crippen LogP contribution in [0.2, 0.25) is 0 Å². The van der Waals surface area contributed by atoms with Crippen molar-refractivity contribution in [2.75, 3.05) is 26.2 Å². The van der Waals surface area contributed by atoms with Gasteiger partial charge in [-0.05, 0) is 42.6 Å². The first kappa shape index (κ1) is 21.1. The minimum absolute atomic E-state index is 0.00596. The first-order chi connectivity index (χ1) is 16.1. The Morgan fingerprint density at radius 1 is 0.818 bits per heavy atom. The average Bonchev–Trinajstić information content (AvgIpc) is 3.55. The molecule has 0 unspecified atom stereocenters. The van der Waals surface area contributed by atoms with E-state index in [-0.39, 0.29) is 17.6 Å². The van der Waals surface area contributed by atoms with Crippen LogP contribution in [0.1, 0.15) is 26.5 Å². The van der Waals surface area contributed by atoms with Gasteiger partial charge in [0.2, 0.25) is 5.82 Å². The number of carbonyl (C=O) groups excluding carboxylic acids is 2. The zero-order valence-electron chi connectivity index (χ0n) is 18.2. The van der Waals surface area contributed by atoms with Crippen LogP contribution in [0, 0.1) is 6.92 Å². The lowest BCUT2D eigenvalue weighted by Gasteiger charge is -2.34. The number of aryl methyl sites for hydroxylation is 1. The molecular weight excluding hydrogens is 434 g/mol. The van der Waals surface area contributed by atoms with Crippen molar-refractivity contribution in [3.05, 3.63) is 89.1 Å². The van der Waals surface area contributed by atoms with Crippen LogP contribution in [0.25, 0.3) is 16.4 Å². The molecule has 1 fully saturated rings. The van der Waals surface area contributed by atoms with Crippen molar-refractivity contribution in [1.29, 1.82) is 0 Å². The van der Waals surface area contributed by atoms with Crippen LogP contribution in [0.5, 0.6) is 0 Å². The molecule has 2 aromatic carbocycles. The Hall–Kier alpha value is -3.78. The molecule has 0 bridgehead atoms. The van der Waals surface area contributed by atoms with Crippen molar-refractivity contribution in [1.82, 2.24) is 24.6 Å². The number of aromatic nitrogens is 3. The van der Waals surface area contributed by atoms with Gasteiger partial charge in [0.15, 0.2) is 5.82 Å². The fraction of sp³-hybridized carbons (Fsp3) is 0.200. The quantitative estimate of drug-likeness (QED) is 0.466. The number of carbonyl (C=O) groups is 2. The standard InChI is InChI=1S/C25H23N5O2S/c1-18-9-11-19(12-10-18)24(31)28-13-15-29(16-14-28)25(32)22-26-23(21-8-5-17-33-21)30(27-22)20-6-3-2-4-7-20/h2-12,17H,13-16H2,1H3. The molecule has 1 aliphatic rings. The number of para-hydroxylation sites is 1. The number of hydrogen-bond donors (Lipinski definition) is 0. The smallest absolute Gasteiger partial charge is 0.293 e. The van der Waals surface area contributed by atoms with E-state index < -0.39 is 0 Å². The summed E-state index contributed by atoms with van der Waals surface area (Å²) in [4.78, 5) is 35.1. The van der Waals surface area contributed by atoms with Gasteiger partial charge in [-0.15, -0.1) is 16.4 Å². The molecule has 0 aliphatic carbocycles. The molecule has 8 heteroatoms. The van der Waals surface area contributed by atoms with Crippen molar-refractivity contribution in [2.24, 2.45) is 0 Å². The van der Waals surface area contributed by atoms with Crippen molar-refractivity contribution in [3.8, 4) is 16.4 Å². The second kappa shape index (κ2) is 8.99. The maximum Gasteiger partial charge on any atom is 0.293 e. The van der Waals surface area contributed by atoms with E-state index in [1.165, 1.54) is 0 Å². The molecular formula is C25H23N5O2S. The summed E-state index contributed by atoms with van der Waals surface area (Å²) in [7, 11) is 0. The van der Waals surface area contributed by atoms with Crippen molar-refractivity contribution >= 4 is 23.2 Å². The van der Waals surface area contributed by atoms with Gasteiger partial charge in [0.25, 0.3) is 11.8 Å². The molecule has 0 N–H and O–H groups in total. The minimum Gasteiger partial charge on any atom is -0.335 e. The maximum atomic E-state index is 13.2. The predicted octanol–water partition coefficient (Wildman–Crippen LogP) is 3.90. The molecule has 2 amide bonds. The minimum atomic E-state index is -0.218. The van der Waals surface area contributed by atoms with E-state index in [0.29, 0.717) is 37.6 Å². The molecule has 3 heterocycles. The summed E-state index contributed by atoms with van der Waals surface area (Å²) < 4.78 is 1.72. The third-order valence-electron chi connectivity index (χ3n) is 5.69. The van der Waals surface area contributed by atoms with E-state index in [0.717, 1.165) is 16.1 Å².